The molecule has 2 unspecified atom stereocenters. The van der Waals surface area contributed by atoms with Gasteiger partial charge in [-0.1, -0.05) is 25.1 Å². The van der Waals surface area contributed by atoms with Gasteiger partial charge in [-0.2, -0.15) is 0 Å². The predicted octanol–water partition coefficient (Wildman–Crippen LogP) is 2.43. The summed E-state index contributed by atoms with van der Waals surface area (Å²) in [5.41, 5.74) is 6.60. The Bertz CT molecular complexity index is 407. The molecule has 1 heterocycles. The summed E-state index contributed by atoms with van der Waals surface area (Å²) in [5, 5.41) is 0. The van der Waals surface area contributed by atoms with Crippen LogP contribution in [0.4, 0.5) is 4.39 Å². The van der Waals surface area contributed by atoms with Crippen molar-refractivity contribution in [2.75, 3.05) is 19.6 Å². The fourth-order valence-corrected chi connectivity index (χ4v) is 2.79. The molecule has 0 amide bonds. The molecule has 0 spiro atoms. The first-order chi connectivity index (χ1) is 8.55. The number of benzene rings is 1. The van der Waals surface area contributed by atoms with E-state index in [1.165, 1.54) is 12.5 Å². The van der Waals surface area contributed by atoms with Gasteiger partial charge >= 0.3 is 0 Å². The van der Waals surface area contributed by atoms with Crippen molar-refractivity contribution >= 4 is 0 Å². The van der Waals surface area contributed by atoms with E-state index < -0.39 is 0 Å². The molecule has 2 nitrogen and oxygen atoms in total. The minimum atomic E-state index is -0.132. The Balaban J connectivity index is 2.15. The minimum Gasteiger partial charge on any atom is -0.329 e. The Kier molecular flexibility index (Phi) is 4.03. The highest BCUT2D eigenvalue weighted by atomic mass is 19.1. The second-order valence-electron chi connectivity index (χ2n) is 5.81. The fourth-order valence-electron chi connectivity index (χ4n) is 2.79. The highest BCUT2D eigenvalue weighted by Gasteiger charge is 2.35. The Labute approximate surface area is 109 Å². The van der Waals surface area contributed by atoms with Gasteiger partial charge in [0.1, 0.15) is 5.82 Å². The average molecular weight is 250 g/mol. The molecule has 1 aromatic rings. The molecule has 1 aromatic carbocycles. The van der Waals surface area contributed by atoms with Gasteiger partial charge in [-0.25, -0.2) is 4.39 Å². The number of halogens is 1. The van der Waals surface area contributed by atoms with E-state index in [-0.39, 0.29) is 11.4 Å². The lowest BCUT2D eigenvalue weighted by atomic mass is 9.91. The maximum absolute atomic E-state index is 13.8. The standard InChI is InChI=1S/C15H23FN2/c1-12-7-8-18(10-12)15(2,11-17)9-13-5-3-4-6-14(13)16/h3-6,12H,7-11,17H2,1-2H3. The lowest BCUT2D eigenvalue weighted by molar-refractivity contribution is 0.137. The Morgan fingerprint density at radius 1 is 1.44 bits per heavy atom. The number of rotatable bonds is 4. The third kappa shape index (κ3) is 2.73. The van der Waals surface area contributed by atoms with Crippen molar-refractivity contribution in [2.45, 2.75) is 32.2 Å². The van der Waals surface area contributed by atoms with Crippen LogP contribution in [-0.2, 0) is 6.42 Å². The molecule has 2 N–H and O–H groups in total. The van der Waals surface area contributed by atoms with E-state index in [2.05, 4.69) is 18.7 Å². The summed E-state index contributed by atoms with van der Waals surface area (Å²) in [4.78, 5) is 2.42. The summed E-state index contributed by atoms with van der Waals surface area (Å²) in [6.45, 7) is 7.12. The van der Waals surface area contributed by atoms with Crippen molar-refractivity contribution in [3.05, 3.63) is 35.6 Å². The molecule has 3 heteroatoms. The smallest absolute Gasteiger partial charge is 0.126 e. The van der Waals surface area contributed by atoms with E-state index in [0.717, 1.165) is 24.6 Å². The lowest BCUT2D eigenvalue weighted by Crippen LogP contribution is -2.52. The molecule has 0 aromatic heterocycles. The molecule has 2 rings (SSSR count). The fraction of sp³-hybridized carbons (Fsp3) is 0.600. The maximum atomic E-state index is 13.8. The van der Waals surface area contributed by atoms with E-state index in [4.69, 9.17) is 5.73 Å². The summed E-state index contributed by atoms with van der Waals surface area (Å²) in [6.07, 6.45) is 1.90. The number of likely N-dealkylation sites (tertiary alicyclic amines) is 1. The molecule has 1 saturated heterocycles. The van der Waals surface area contributed by atoms with E-state index in [9.17, 15) is 4.39 Å². The quantitative estimate of drug-likeness (QED) is 0.889. The van der Waals surface area contributed by atoms with Crippen molar-refractivity contribution in [1.82, 2.24) is 4.90 Å². The van der Waals surface area contributed by atoms with Gasteiger partial charge in [0.25, 0.3) is 0 Å². The third-order valence-corrected chi connectivity index (χ3v) is 4.16. The zero-order valence-electron chi connectivity index (χ0n) is 11.3. The van der Waals surface area contributed by atoms with Crippen molar-refractivity contribution in [1.29, 1.82) is 0 Å². The first kappa shape index (κ1) is 13.5. The van der Waals surface area contributed by atoms with Crippen LogP contribution in [0, 0.1) is 11.7 Å². The summed E-state index contributed by atoms with van der Waals surface area (Å²) < 4.78 is 13.8. The second-order valence-corrected chi connectivity index (χ2v) is 5.81. The molecular formula is C15H23FN2. The topological polar surface area (TPSA) is 29.3 Å². The van der Waals surface area contributed by atoms with Crippen LogP contribution in [0.1, 0.15) is 25.8 Å². The molecule has 0 radical (unpaired) electrons. The summed E-state index contributed by atoms with van der Waals surface area (Å²) in [5.74, 6) is 0.598. The Morgan fingerprint density at radius 2 is 2.17 bits per heavy atom. The molecule has 0 bridgehead atoms. The number of hydrogen-bond acceptors (Lipinski definition) is 2. The van der Waals surface area contributed by atoms with Crippen LogP contribution in [0.25, 0.3) is 0 Å². The van der Waals surface area contributed by atoms with Crippen LogP contribution in [0.3, 0.4) is 0 Å². The first-order valence-corrected chi connectivity index (χ1v) is 6.74. The van der Waals surface area contributed by atoms with Gasteiger partial charge in [-0.15, -0.1) is 0 Å². The van der Waals surface area contributed by atoms with Crippen LogP contribution < -0.4 is 5.73 Å². The predicted molar refractivity (Wildman–Crippen MR) is 72.9 cm³/mol. The molecule has 100 valence electrons. The van der Waals surface area contributed by atoms with E-state index in [1.54, 1.807) is 6.07 Å². The van der Waals surface area contributed by atoms with E-state index >= 15 is 0 Å². The monoisotopic (exact) mass is 250 g/mol. The maximum Gasteiger partial charge on any atom is 0.126 e. The molecule has 18 heavy (non-hydrogen) atoms. The number of hydrogen-bond donors (Lipinski definition) is 1. The average Bonchev–Trinajstić information content (AvgIpc) is 2.79. The molecule has 1 fully saturated rings. The van der Waals surface area contributed by atoms with Gasteiger partial charge < -0.3 is 5.73 Å². The third-order valence-electron chi connectivity index (χ3n) is 4.16. The summed E-state index contributed by atoms with van der Waals surface area (Å²) >= 11 is 0. The van der Waals surface area contributed by atoms with Crippen LogP contribution in [-0.4, -0.2) is 30.1 Å². The number of nitrogens with zero attached hydrogens (tertiary/aromatic N) is 1. The first-order valence-electron chi connectivity index (χ1n) is 6.74. The zero-order valence-corrected chi connectivity index (χ0v) is 11.3. The lowest BCUT2D eigenvalue weighted by Gasteiger charge is -2.38. The van der Waals surface area contributed by atoms with Crippen LogP contribution >= 0.6 is 0 Å². The Morgan fingerprint density at radius 3 is 2.72 bits per heavy atom. The van der Waals surface area contributed by atoms with E-state index in [0.29, 0.717) is 13.0 Å². The molecule has 1 aliphatic heterocycles. The number of nitrogens with two attached hydrogens (primary N) is 1. The summed E-state index contributed by atoms with van der Waals surface area (Å²) in [6, 6.07) is 7.01. The van der Waals surface area contributed by atoms with Crippen molar-refractivity contribution in [3.63, 3.8) is 0 Å². The highest BCUT2D eigenvalue weighted by Crippen LogP contribution is 2.27. The molecule has 0 aliphatic carbocycles. The largest absolute Gasteiger partial charge is 0.329 e. The van der Waals surface area contributed by atoms with Gasteiger partial charge in [0.2, 0.25) is 0 Å². The van der Waals surface area contributed by atoms with E-state index in [1.807, 2.05) is 12.1 Å². The normalized spacial score (nSPS) is 24.1. The second kappa shape index (κ2) is 5.37. The molecular weight excluding hydrogens is 227 g/mol. The molecule has 2 atom stereocenters. The molecule has 0 saturated carbocycles. The zero-order chi connectivity index (χ0) is 13.2. The van der Waals surface area contributed by atoms with Gasteiger partial charge in [0.15, 0.2) is 0 Å². The van der Waals surface area contributed by atoms with Crippen molar-refractivity contribution in [3.8, 4) is 0 Å². The van der Waals surface area contributed by atoms with Gasteiger partial charge in [-0.3, -0.25) is 4.90 Å². The van der Waals surface area contributed by atoms with Crippen molar-refractivity contribution < 1.29 is 4.39 Å². The van der Waals surface area contributed by atoms with Gasteiger partial charge in [-0.05, 0) is 43.9 Å². The van der Waals surface area contributed by atoms with Crippen LogP contribution in [0.2, 0.25) is 0 Å². The van der Waals surface area contributed by atoms with Crippen LogP contribution in [0.15, 0.2) is 24.3 Å². The van der Waals surface area contributed by atoms with Crippen molar-refractivity contribution in [2.24, 2.45) is 11.7 Å². The van der Waals surface area contributed by atoms with Gasteiger partial charge in [0.05, 0.1) is 0 Å². The molecule has 1 aliphatic rings. The Hall–Kier alpha value is -0.930. The van der Waals surface area contributed by atoms with Gasteiger partial charge in [0, 0.05) is 18.6 Å². The minimum absolute atomic E-state index is 0.121. The summed E-state index contributed by atoms with van der Waals surface area (Å²) in [7, 11) is 0. The highest BCUT2D eigenvalue weighted by molar-refractivity contribution is 5.20. The SMILES string of the molecule is CC1CCN(C(C)(CN)Cc2ccccc2F)C1. The van der Waals surface area contributed by atoms with Crippen LogP contribution in [0.5, 0.6) is 0 Å².